The Bertz CT molecular complexity index is 1100. The number of nitrogens with zero attached hydrogens (tertiary/aromatic N) is 1. The minimum atomic E-state index is -1.21. The predicted molar refractivity (Wildman–Crippen MR) is 118 cm³/mol. The number of anilines is 1. The van der Waals surface area contributed by atoms with Crippen molar-refractivity contribution in [3.63, 3.8) is 0 Å². The lowest BCUT2D eigenvalue weighted by Crippen LogP contribution is -2.62. The first-order valence-electron chi connectivity index (χ1n) is 10.5. The molecule has 0 aromatic heterocycles. The lowest BCUT2D eigenvalue weighted by atomic mass is 9.80. The molecule has 0 bridgehead atoms. The molecular weight excluding hydrogens is 450 g/mol. The number of aromatic carboxylic acids is 1. The number of nitrogens with one attached hydrogen (secondary N) is 2. The molecule has 0 spiro atoms. The van der Waals surface area contributed by atoms with Crippen molar-refractivity contribution in [1.82, 2.24) is 10.2 Å². The van der Waals surface area contributed by atoms with E-state index in [-0.39, 0.29) is 34.1 Å². The lowest BCUT2D eigenvalue weighted by molar-refractivity contribution is -0.160. The molecule has 3 heterocycles. The van der Waals surface area contributed by atoms with Gasteiger partial charge in [0.25, 0.3) is 0 Å². The fourth-order valence-corrected chi connectivity index (χ4v) is 6.17. The van der Waals surface area contributed by atoms with Gasteiger partial charge in [-0.15, -0.1) is 11.8 Å². The number of β-lactam (4-membered cyclic amide) rings is 1. The summed E-state index contributed by atoms with van der Waals surface area (Å²) in [6.45, 7) is 3.62. The molecule has 2 fully saturated rings. The average molecular weight is 474 g/mol. The van der Waals surface area contributed by atoms with Crippen LogP contribution in [0.3, 0.4) is 0 Å². The summed E-state index contributed by atoms with van der Waals surface area (Å²) in [5.41, 5.74) is 0.363. The van der Waals surface area contributed by atoms with E-state index in [9.17, 15) is 29.1 Å². The third-order valence-electron chi connectivity index (χ3n) is 6.26. The topological polar surface area (TPSA) is 153 Å². The van der Waals surface area contributed by atoms with Crippen molar-refractivity contribution in [2.24, 2.45) is 11.8 Å². The molecule has 0 unspecified atom stereocenters. The number of Topliss-reactive ketones (excluding diaryl/α,β-unsaturated/α-hetero) is 1. The quantitative estimate of drug-likeness (QED) is 0.337. The van der Waals surface area contributed by atoms with E-state index in [4.69, 9.17) is 5.11 Å². The van der Waals surface area contributed by atoms with Gasteiger partial charge in [-0.2, -0.15) is 0 Å². The van der Waals surface area contributed by atoms with E-state index in [1.807, 2.05) is 6.92 Å². The van der Waals surface area contributed by atoms with Gasteiger partial charge in [0.05, 0.1) is 17.6 Å². The number of benzene rings is 1. The number of hydrogen-bond donors (Lipinski definition) is 4. The minimum Gasteiger partial charge on any atom is -0.478 e. The highest BCUT2D eigenvalue weighted by molar-refractivity contribution is 8.03. The normalized spacial score (nSPS) is 28.4. The molecule has 3 aliphatic heterocycles. The fraction of sp³-hybridized carbons (Fsp3) is 0.409. The molecule has 10 nitrogen and oxygen atoms in total. The van der Waals surface area contributed by atoms with Gasteiger partial charge in [0.1, 0.15) is 17.4 Å². The molecule has 0 aliphatic carbocycles. The number of carbonyl (C=O) groups excluding carboxylic acids is 3. The van der Waals surface area contributed by atoms with Gasteiger partial charge >= 0.3 is 11.9 Å². The Hall–Kier alpha value is -3.18. The molecule has 2 saturated heterocycles. The molecule has 33 heavy (non-hydrogen) atoms. The predicted octanol–water partition coefficient (Wildman–Crippen LogP) is 1.15. The van der Waals surface area contributed by atoms with Crippen LogP contribution in [0.25, 0.3) is 0 Å². The van der Waals surface area contributed by atoms with E-state index in [1.54, 1.807) is 12.1 Å². The lowest BCUT2D eigenvalue weighted by Gasteiger charge is -2.43. The van der Waals surface area contributed by atoms with Crippen LogP contribution in [0.2, 0.25) is 0 Å². The van der Waals surface area contributed by atoms with Crippen molar-refractivity contribution < 1.29 is 34.2 Å². The van der Waals surface area contributed by atoms with Crippen LogP contribution in [-0.2, 0) is 19.2 Å². The summed E-state index contributed by atoms with van der Waals surface area (Å²) in [5, 5.41) is 24.5. The van der Waals surface area contributed by atoms with Gasteiger partial charge in [0.15, 0.2) is 0 Å². The highest BCUT2D eigenvalue weighted by Crippen LogP contribution is 2.51. The highest BCUT2D eigenvalue weighted by Gasteiger charge is 2.60. The SMILES string of the molecule is CC(=O)[C@H]1C(=O)N2C(C(=O)O)=C(S[C@@H]3CN[C@H](C(=O)Nc4cccc(C(=O)O)c4)C3)[C@H](C)[C@H]12. The largest absolute Gasteiger partial charge is 0.478 e. The number of hydrogen-bond acceptors (Lipinski definition) is 7. The van der Waals surface area contributed by atoms with Crippen molar-refractivity contribution in [3.05, 3.63) is 40.4 Å². The average Bonchev–Trinajstić information content (AvgIpc) is 3.30. The molecule has 2 amide bonds. The summed E-state index contributed by atoms with van der Waals surface area (Å²) in [6, 6.07) is 4.93. The van der Waals surface area contributed by atoms with E-state index in [0.717, 1.165) is 0 Å². The van der Waals surface area contributed by atoms with E-state index in [2.05, 4.69) is 10.6 Å². The molecule has 4 N–H and O–H groups in total. The van der Waals surface area contributed by atoms with Gasteiger partial charge in [0.2, 0.25) is 11.8 Å². The molecule has 5 atom stereocenters. The van der Waals surface area contributed by atoms with E-state index in [0.29, 0.717) is 23.6 Å². The summed E-state index contributed by atoms with van der Waals surface area (Å²) >= 11 is 1.33. The third kappa shape index (κ3) is 4.02. The zero-order valence-corrected chi connectivity index (χ0v) is 18.7. The number of aliphatic carboxylic acids is 1. The number of carboxylic acid groups (broad SMARTS) is 2. The number of ketones is 1. The number of carbonyl (C=O) groups is 5. The van der Waals surface area contributed by atoms with Crippen LogP contribution in [0, 0.1) is 11.8 Å². The standard InChI is InChI=1S/C22H23N3O7S/c1-9-16-15(10(2)26)20(28)25(16)17(22(31)32)18(9)33-13-7-14(23-8-13)19(27)24-12-5-3-4-11(6-12)21(29)30/h3-6,9,13-16,23H,7-8H2,1-2H3,(H,24,27)(H,29,30)(H,31,32)/t9-,13+,14+,15-,16-/m1/s1. The van der Waals surface area contributed by atoms with Crippen molar-refractivity contribution in [2.45, 2.75) is 37.6 Å². The molecule has 1 aromatic rings. The first kappa shape index (κ1) is 23.0. The van der Waals surface area contributed by atoms with Crippen molar-refractivity contribution in [1.29, 1.82) is 0 Å². The fourth-order valence-electron chi connectivity index (χ4n) is 4.69. The van der Waals surface area contributed by atoms with Crippen LogP contribution < -0.4 is 10.6 Å². The molecular formula is C22H23N3O7S. The smallest absolute Gasteiger partial charge is 0.353 e. The molecule has 0 radical (unpaired) electrons. The van der Waals surface area contributed by atoms with Gasteiger partial charge < -0.3 is 20.8 Å². The Morgan fingerprint density at radius 2 is 1.91 bits per heavy atom. The van der Waals surface area contributed by atoms with Crippen LogP contribution in [-0.4, -0.2) is 68.5 Å². The molecule has 1 aromatic carbocycles. The number of amides is 2. The van der Waals surface area contributed by atoms with E-state index >= 15 is 0 Å². The van der Waals surface area contributed by atoms with Crippen molar-refractivity contribution in [2.75, 3.05) is 11.9 Å². The number of fused-ring (bicyclic) bond motifs is 1. The van der Waals surface area contributed by atoms with E-state index < -0.39 is 35.8 Å². The Morgan fingerprint density at radius 3 is 2.55 bits per heavy atom. The van der Waals surface area contributed by atoms with Gasteiger partial charge in [0, 0.05) is 28.3 Å². The maximum absolute atomic E-state index is 12.7. The zero-order valence-electron chi connectivity index (χ0n) is 17.9. The second-order valence-electron chi connectivity index (χ2n) is 8.41. The summed E-state index contributed by atoms with van der Waals surface area (Å²) in [6.07, 6.45) is 0.424. The van der Waals surface area contributed by atoms with Gasteiger partial charge in [-0.3, -0.25) is 19.3 Å². The van der Waals surface area contributed by atoms with Crippen molar-refractivity contribution in [3.8, 4) is 0 Å². The second kappa shape index (κ2) is 8.64. The maximum atomic E-state index is 12.7. The molecule has 3 aliphatic rings. The second-order valence-corrected chi connectivity index (χ2v) is 9.75. The zero-order chi connectivity index (χ0) is 24.0. The number of rotatable bonds is 7. The first-order valence-corrected chi connectivity index (χ1v) is 11.3. The summed E-state index contributed by atoms with van der Waals surface area (Å²) < 4.78 is 0. The number of carboxylic acids is 2. The summed E-state index contributed by atoms with van der Waals surface area (Å²) in [7, 11) is 0. The molecule has 174 valence electrons. The first-order chi connectivity index (χ1) is 15.6. The van der Waals surface area contributed by atoms with Gasteiger partial charge in [-0.05, 0) is 31.5 Å². The van der Waals surface area contributed by atoms with Crippen molar-refractivity contribution >= 4 is 47.0 Å². The van der Waals surface area contributed by atoms with Gasteiger partial charge in [-0.1, -0.05) is 13.0 Å². The highest BCUT2D eigenvalue weighted by atomic mass is 32.2. The van der Waals surface area contributed by atoms with Crippen LogP contribution in [0.5, 0.6) is 0 Å². The maximum Gasteiger partial charge on any atom is 0.353 e. The van der Waals surface area contributed by atoms with Crippen LogP contribution >= 0.6 is 11.8 Å². The van der Waals surface area contributed by atoms with Crippen LogP contribution in [0.15, 0.2) is 34.9 Å². The summed E-state index contributed by atoms with van der Waals surface area (Å²) in [4.78, 5) is 61.8. The van der Waals surface area contributed by atoms with Crippen LogP contribution in [0.1, 0.15) is 30.6 Å². The van der Waals surface area contributed by atoms with Gasteiger partial charge in [-0.25, -0.2) is 9.59 Å². The Labute approximate surface area is 193 Å². The van der Waals surface area contributed by atoms with E-state index in [1.165, 1.54) is 35.7 Å². The summed E-state index contributed by atoms with van der Waals surface area (Å²) in [5.74, 6) is -4.46. The number of thioether (sulfide) groups is 1. The Morgan fingerprint density at radius 1 is 1.18 bits per heavy atom. The monoisotopic (exact) mass is 473 g/mol. The molecule has 11 heteroatoms. The molecule has 4 rings (SSSR count). The minimum absolute atomic E-state index is 0.0620. The van der Waals surface area contributed by atoms with Crippen LogP contribution in [0.4, 0.5) is 5.69 Å². The molecule has 0 saturated carbocycles. The third-order valence-corrected chi connectivity index (χ3v) is 7.77. The Balaban J connectivity index is 1.44. The Kier molecular flexibility index (Phi) is 6.02.